The van der Waals surface area contributed by atoms with E-state index in [9.17, 15) is 4.79 Å². The van der Waals surface area contributed by atoms with Gasteiger partial charge in [-0.3, -0.25) is 9.78 Å². The monoisotopic (exact) mass is 189 g/mol. The Morgan fingerprint density at radius 3 is 3.07 bits per heavy atom. The number of esters is 1. The van der Waals surface area contributed by atoms with Crippen LogP contribution in [0.3, 0.4) is 0 Å². The van der Waals surface area contributed by atoms with Crippen LogP contribution in [0.1, 0.15) is 17.7 Å². The molecule has 1 aromatic rings. The first-order chi connectivity index (χ1) is 6.72. The van der Waals surface area contributed by atoms with Gasteiger partial charge in [0.25, 0.3) is 0 Å². The molecular weight excluding hydrogens is 178 g/mol. The Morgan fingerprint density at radius 2 is 2.43 bits per heavy atom. The van der Waals surface area contributed by atoms with Crippen LogP contribution in [0, 0.1) is 18.8 Å². The van der Waals surface area contributed by atoms with Gasteiger partial charge in [-0.1, -0.05) is 11.8 Å². The molecular formula is C11H11NO2. The van der Waals surface area contributed by atoms with Gasteiger partial charge in [-0.05, 0) is 19.1 Å². The van der Waals surface area contributed by atoms with Crippen LogP contribution in [0.25, 0.3) is 0 Å². The van der Waals surface area contributed by atoms with E-state index >= 15 is 0 Å². The van der Waals surface area contributed by atoms with Gasteiger partial charge in [0.2, 0.25) is 0 Å². The maximum absolute atomic E-state index is 10.7. The molecule has 0 unspecified atom stereocenters. The average molecular weight is 189 g/mol. The summed E-state index contributed by atoms with van der Waals surface area (Å²) >= 11 is 0. The Bertz CT molecular complexity index is 388. The lowest BCUT2D eigenvalue weighted by Gasteiger charge is -1.92. The number of aromatic nitrogens is 1. The highest BCUT2D eigenvalue weighted by Gasteiger charge is 1.93. The van der Waals surface area contributed by atoms with Crippen LogP contribution >= 0.6 is 0 Å². The smallest absolute Gasteiger partial charge is 0.317 e. The van der Waals surface area contributed by atoms with E-state index in [1.54, 1.807) is 12.3 Å². The summed E-state index contributed by atoms with van der Waals surface area (Å²) in [6.07, 6.45) is 1.81. The van der Waals surface area contributed by atoms with Gasteiger partial charge in [-0.2, -0.15) is 0 Å². The van der Waals surface area contributed by atoms with E-state index in [-0.39, 0.29) is 12.4 Å². The van der Waals surface area contributed by atoms with Crippen molar-refractivity contribution in [2.75, 3.05) is 7.11 Å². The van der Waals surface area contributed by atoms with Crippen LogP contribution in [-0.2, 0) is 9.53 Å². The number of carbonyl (C=O) groups excluding carboxylic acids is 1. The number of methoxy groups -OCH3 is 1. The van der Waals surface area contributed by atoms with Crippen LogP contribution in [-0.4, -0.2) is 18.1 Å². The predicted octanol–water partition coefficient (Wildman–Crippen LogP) is 1.30. The summed E-state index contributed by atoms with van der Waals surface area (Å²) in [5, 5.41) is 0. The zero-order chi connectivity index (χ0) is 10.4. The minimum absolute atomic E-state index is 0.123. The molecule has 14 heavy (non-hydrogen) atoms. The minimum Gasteiger partial charge on any atom is -0.468 e. The van der Waals surface area contributed by atoms with Crippen molar-refractivity contribution < 1.29 is 9.53 Å². The van der Waals surface area contributed by atoms with Crippen LogP contribution in [0.2, 0.25) is 0 Å². The molecule has 0 saturated carbocycles. The molecule has 3 heteroatoms. The quantitative estimate of drug-likeness (QED) is 0.494. The van der Waals surface area contributed by atoms with Crippen molar-refractivity contribution in [3.63, 3.8) is 0 Å². The Balaban J connectivity index is 2.64. The highest BCUT2D eigenvalue weighted by Crippen LogP contribution is 1.98. The number of ether oxygens (including phenoxy) is 1. The van der Waals surface area contributed by atoms with Gasteiger partial charge in [-0.15, -0.1) is 0 Å². The van der Waals surface area contributed by atoms with E-state index in [1.165, 1.54) is 7.11 Å². The van der Waals surface area contributed by atoms with Crippen molar-refractivity contribution in [1.29, 1.82) is 0 Å². The normalized spacial score (nSPS) is 8.71. The summed E-state index contributed by atoms with van der Waals surface area (Å²) in [5.74, 6) is 5.27. The minimum atomic E-state index is -0.316. The lowest BCUT2D eigenvalue weighted by atomic mass is 10.2. The Morgan fingerprint density at radius 1 is 1.64 bits per heavy atom. The number of nitrogens with zero attached hydrogens (tertiary/aromatic N) is 1. The molecule has 0 aliphatic rings. The van der Waals surface area contributed by atoms with E-state index in [0.717, 1.165) is 11.3 Å². The SMILES string of the molecule is COC(=O)CC#Cc1ccnc(C)c1. The second-order valence-electron chi connectivity index (χ2n) is 2.74. The number of carbonyl (C=O) groups is 1. The number of hydrogen-bond acceptors (Lipinski definition) is 3. The summed E-state index contributed by atoms with van der Waals surface area (Å²) in [6, 6.07) is 3.67. The fourth-order valence-corrected chi connectivity index (χ4v) is 0.914. The van der Waals surface area contributed by atoms with Crippen molar-refractivity contribution in [1.82, 2.24) is 4.98 Å². The average Bonchev–Trinajstić information content (AvgIpc) is 2.17. The van der Waals surface area contributed by atoms with E-state index in [4.69, 9.17) is 0 Å². The van der Waals surface area contributed by atoms with Gasteiger partial charge in [0.1, 0.15) is 6.42 Å². The molecule has 0 amide bonds. The fraction of sp³-hybridized carbons (Fsp3) is 0.273. The number of pyridine rings is 1. The molecule has 1 aromatic heterocycles. The molecule has 0 fully saturated rings. The van der Waals surface area contributed by atoms with Gasteiger partial charge in [-0.25, -0.2) is 0 Å². The largest absolute Gasteiger partial charge is 0.468 e. The molecule has 72 valence electrons. The molecule has 0 aliphatic heterocycles. The fourth-order valence-electron chi connectivity index (χ4n) is 0.914. The van der Waals surface area contributed by atoms with Crippen molar-refractivity contribution >= 4 is 5.97 Å². The third-order valence-corrected chi connectivity index (χ3v) is 1.59. The zero-order valence-corrected chi connectivity index (χ0v) is 8.20. The second-order valence-corrected chi connectivity index (χ2v) is 2.74. The van der Waals surface area contributed by atoms with Crippen molar-refractivity contribution in [2.45, 2.75) is 13.3 Å². The highest BCUT2D eigenvalue weighted by atomic mass is 16.5. The van der Waals surface area contributed by atoms with Crippen LogP contribution in [0.4, 0.5) is 0 Å². The number of aryl methyl sites for hydroxylation is 1. The van der Waals surface area contributed by atoms with Crippen LogP contribution in [0.5, 0.6) is 0 Å². The topological polar surface area (TPSA) is 39.2 Å². The van der Waals surface area contributed by atoms with Gasteiger partial charge in [0.05, 0.1) is 7.11 Å². The molecule has 1 rings (SSSR count). The summed E-state index contributed by atoms with van der Waals surface area (Å²) in [7, 11) is 1.35. The maximum atomic E-state index is 10.7. The molecule has 0 N–H and O–H groups in total. The first-order valence-corrected chi connectivity index (χ1v) is 4.20. The van der Waals surface area contributed by atoms with E-state index < -0.39 is 0 Å². The van der Waals surface area contributed by atoms with Crippen molar-refractivity contribution in [3.8, 4) is 11.8 Å². The van der Waals surface area contributed by atoms with Gasteiger partial charge < -0.3 is 4.74 Å². The van der Waals surface area contributed by atoms with E-state index in [2.05, 4.69) is 21.6 Å². The second kappa shape index (κ2) is 5.03. The summed E-state index contributed by atoms with van der Waals surface area (Å²) in [5.41, 5.74) is 1.77. The maximum Gasteiger partial charge on any atom is 0.317 e. The highest BCUT2D eigenvalue weighted by molar-refractivity contribution is 5.72. The molecule has 0 bridgehead atoms. The summed E-state index contributed by atoms with van der Waals surface area (Å²) in [6.45, 7) is 1.89. The Labute approximate surface area is 83.1 Å². The molecule has 0 aromatic carbocycles. The lowest BCUT2D eigenvalue weighted by Crippen LogP contribution is -1.97. The Hall–Kier alpha value is -1.82. The van der Waals surface area contributed by atoms with Crippen LogP contribution in [0.15, 0.2) is 18.3 Å². The lowest BCUT2D eigenvalue weighted by molar-refractivity contribution is -0.139. The van der Waals surface area contributed by atoms with Crippen LogP contribution < -0.4 is 0 Å². The standard InChI is InChI=1S/C11H11NO2/c1-9-8-10(6-7-12-9)4-3-5-11(13)14-2/h6-8H,5H2,1-2H3. The third-order valence-electron chi connectivity index (χ3n) is 1.59. The molecule has 3 nitrogen and oxygen atoms in total. The molecule has 0 saturated heterocycles. The molecule has 1 heterocycles. The molecule has 0 spiro atoms. The first-order valence-electron chi connectivity index (χ1n) is 4.20. The van der Waals surface area contributed by atoms with Gasteiger partial charge >= 0.3 is 5.97 Å². The van der Waals surface area contributed by atoms with E-state index in [0.29, 0.717) is 0 Å². The van der Waals surface area contributed by atoms with Gasteiger partial charge in [0.15, 0.2) is 0 Å². The molecule has 0 aliphatic carbocycles. The van der Waals surface area contributed by atoms with Gasteiger partial charge in [0, 0.05) is 17.5 Å². The summed E-state index contributed by atoms with van der Waals surface area (Å²) in [4.78, 5) is 14.8. The first kappa shape index (κ1) is 10.3. The zero-order valence-electron chi connectivity index (χ0n) is 8.20. The van der Waals surface area contributed by atoms with Crippen molar-refractivity contribution in [2.24, 2.45) is 0 Å². The Kier molecular flexibility index (Phi) is 3.69. The number of hydrogen-bond donors (Lipinski definition) is 0. The predicted molar refractivity (Wildman–Crippen MR) is 52.5 cm³/mol. The molecule has 0 radical (unpaired) electrons. The van der Waals surface area contributed by atoms with Crippen molar-refractivity contribution in [3.05, 3.63) is 29.6 Å². The van der Waals surface area contributed by atoms with E-state index in [1.807, 2.05) is 13.0 Å². The third kappa shape index (κ3) is 3.28. The molecule has 0 atom stereocenters. The number of rotatable bonds is 1. The summed E-state index contributed by atoms with van der Waals surface area (Å²) < 4.78 is 4.46.